The van der Waals surface area contributed by atoms with Crippen LogP contribution in [0.25, 0.3) is 0 Å². The van der Waals surface area contributed by atoms with Gasteiger partial charge in [0.1, 0.15) is 23.4 Å². The Morgan fingerprint density at radius 3 is 2.56 bits per heavy atom. The van der Waals surface area contributed by atoms with E-state index < -0.39 is 5.91 Å². The molecule has 0 bridgehead atoms. The van der Waals surface area contributed by atoms with Crippen LogP contribution in [0.4, 0.5) is 17.2 Å². The third-order valence-corrected chi connectivity index (χ3v) is 4.00. The Hall–Kier alpha value is -3.72. The number of aryl methyl sites for hydroxylation is 2. The Labute approximate surface area is 157 Å². The normalized spacial score (nSPS) is 10.1. The van der Waals surface area contributed by atoms with Gasteiger partial charge in [0.15, 0.2) is 0 Å². The second kappa shape index (κ2) is 8.11. The van der Waals surface area contributed by atoms with Crippen molar-refractivity contribution in [1.82, 2.24) is 9.97 Å². The Morgan fingerprint density at radius 1 is 1.11 bits per heavy atom. The van der Waals surface area contributed by atoms with E-state index in [1.165, 1.54) is 5.56 Å². The van der Waals surface area contributed by atoms with Gasteiger partial charge < -0.3 is 10.6 Å². The molecule has 3 aromatic rings. The molecule has 2 aromatic carbocycles. The maximum absolute atomic E-state index is 12.6. The Morgan fingerprint density at radius 2 is 1.85 bits per heavy atom. The van der Waals surface area contributed by atoms with Crippen LogP contribution >= 0.6 is 0 Å². The summed E-state index contributed by atoms with van der Waals surface area (Å²) in [6.07, 6.45) is 0.974. The molecule has 6 nitrogen and oxygen atoms in total. The summed E-state index contributed by atoms with van der Waals surface area (Å²) < 4.78 is 0. The number of anilines is 3. The van der Waals surface area contributed by atoms with Gasteiger partial charge in [-0.3, -0.25) is 4.79 Å². The Balaban J connectivity index is 1.81. The number of aromatic nitrogens is 2. The first-order valence-corrected chi connectivity index (χ1v) is 8.61. The number of amides is 1. The standard InChI is InChI=1S/C21H19N5O/c1-3-15-8-10-17(11-9-15)25-20-12-19(23-14(2)24-20)21(27)26-18-7-5-4-6-16(18)13-22/h4-12H,3H2,1-2H3,(H,26,27)(H,23,24,25). The zero-order valence-electron chi connectivity index (χ0n) is 15.2. The van der Waals surface area contributed by atoms with Crippen LogP contribution < -0.4 is 10.6 Å². The molecule has 0 atom stereocenters. The molecule has 0 radical (unpaired) electrons. The molecular weight excluding hydrogens is 338 g/mol. The lowest BCUT2D eigenvalue weighted by atomic mass is 10.1. The van der Waals surface area contributed by atoms with Gasteiger partial charge in [-0.25, -0.2) is 9.97 Å². The minimum atomic E-state index is -0.396. The molecule has 1 amide bonds. The molecule has 134 valence electrons. The fourth-order valence-electron chi connectivity index (χ4n) is 2.60. The van der Waals surface area contributed by atoms with E-state index >= 15 is 0 Å². The van der Waals surface area contributed by atoms with Crippen LogP contribution in [0.1, 0.15) is 34.4 Å². The number of benzene rings is 2. The molecule has 0 aliphatic rings. The van der Waals surface area contributed by atoms with Crippen LogP contribution in [0.15, 0.2) is 54.6 Å². The number of hydrogen-bond donors (Lipinski definition) is 2. The number of hydrogen-bond acceptors (Lipinski definition) is 5. The van der Waals surface area contributed by atoms with Crippen molar-refractivity contribution in [2.45, 2.75) is 20.3 Å². The van der Waals surface area contributed by atoms with Crippen molar-refractivity contribution >= 4 is 23.1 Å². The van der Waals surface area contributed by atoms with Crippen molar-refractivity contribution in [2.24, 2.45) is 0 Å². The first-order valence-electron chi connectivity index (χ1n) is 8.61. The van der Waals surface area contributed by atoms with Gasteiger partial charge in [0.25, 0.3) is 5.91 Å². The van der Waals surface area contributed by atoms with Gasteiger partial charge in [0.2, 0.25) is 0 Å². The maximum Gasteiger partial charge on any atom is 0.274 e. The number of carbonyl (C=O) groups excluding carboxylic acids is 1. The van der Waals surface area contributed by atoms with Crippen LogP contribution in [0.3, 0.4) is 0 Å². The topological polar surface area (TPSA) is 90.7 Å². The molecule has 0 spiro atoms. The predicted molar refractivity (Wildman–Crippen MR) is 105 cm³/mol. The van der Waals surface area contributed by atoms with E-state index in [1.54, 1.807) is 37.3 Å². The van der Waals surface area contributed by atoms with Crippen molar-refractivity contribution in [3.63, 3.8) is 0 Å². The number of nitrogens with zero attached hydrogens (tertiary/aromatic N) is 3. The van der Waals surface area contributed by atoms with Crippen LogP contribution in [-0.4, -0.2) is 15.9 Å². The number of carbonyl (C=O) groups is 1. The fraction of sp³-hybridized carbons (Fsp3) is 0.143. The molecule has 0 saturated heterocycles. The van der Waals surface area contributed by atoms with Crippen LogP contribution in [0.2, 0.25) is 0 Å². The highest BCUT2D eigenvalue weighted by atomic mass is 16.1. The summed E-state index contributed by atoms with van der Waals surface area (Å²) in [5.41, 5.74) is 3.20. The molecule has 2 N–H and O–H groups in total. The highest BCUT2D eigenvalue weighted by Crippen LogP contribution is 2.18. The quantitative estimate of drug-likeness (QED) is 0.713. The molecule has 0 saturated carbocycles. The van der Waals surface area contributed by atoms with E-state index in [0.29, 0.717) is 22.9 Å². The van der Waals surface area contributed by atoms with E-state index in [9.17, 15) is 4.79 Å². The first kappa shape index (κ1) is 18.1. The third-order valence-electron chi connectivity index (χ3n) is 4.00. The van der Waals surface area contributed by atoms with Gasteiger partial charge in [0, 0.05) is 11.8 Å². The number of para-hydroxylation sites is 1. The lowest BCUT2D eigenvalue weighted by Crippen LogP contribution is -2.16. The molecule has 1 heterocycles. The summed E-state index contributed by atoms with van der Waals surface area (Å²) >= 11 is 0. The van der Waals surface area contributed by atoms with Crippen molar-refractivity contribution in [3.05, 3.63) is 77.2 Å². The monoisotopic (exact) mass is 357 g/mol. The van der Waals surface area contributed by atoms with Crippen molar-refractivity contribution < 1.29 is 4.79 Å². The molecule has 6 heteroatoms. The third kappa shape index (κ3) is 4.47. The fourth-order valence-corrected chi connectivity index (χ4v) is 2.60. The molecule has 0 aliphatic heterocycles. The van der Waals surface area contributed by atoms with Gasteiger partial charge in [-0.05, 0) is 43.2 Å². The maximum atomic E-state index is 12.6. The predicted octanol–water partition coefficient (Wildman–Crippen LogP) is 4.22. The second-order valence-corrected chi connectivity index (χ2v) is 5.97. The van der Waals surface area contributed by atoms with Gasteiger partial charge >= 0.3 is 0 Å². The lowest BCUT2D eigenvalue weighted by Gasteiger charge is -2.10. The molecule has 0 aliphatic carbocycles. The summed E-state index contributed by atoms with van der Waals surface area (Å²) in [4.78, 5) is 21.1. The van der Waals surface area contributed by atoms with Gasteiger partial charge in [-0.1, -0.05) is 31.2 Å². The van der Waals surface area contributed by atoms with Crippen LogP contribution in [0.5, 0.6) is 0 Å². The van der Waals surface area contributed by atoms with Gasteiger partial charge in [-0.15, -0.1) is 0 Å². The van der Waals surface area contributed by atoms with E-state index in [1.807, 2.05) is 24.3 Å². The smallest absolute Gasteiger partial charge is 0.274 e. The lowest BCUT2D eigenvalue weighted by molar-refractivity contribution is 0.102. The molecule has 1 aromatic heterocycles. The number of nitrogens with one attached hydrogen (secondary N) is 2. The van der Waals surface area contributed by atoms with Crippen LogP contribution in [0, 0.1) is 18.3 Å². The highest BCUT2D eigenvalue weighted by molar-refractivity contribution is 6.04. The van der Waals surface area contributed by atoms with Crippen molar-refractivity contribution in [2.75, 3.05) is 10.6 Å². The van der Waals surface area contributed by atoms with Gasteiger partial charge in [-0.2, -0.15) is 5.26 Å². The Kier molecular flexibility index (Phi) is 5.43. The van der Waals surface area contributed by atoms with E-state index in [-0.39, 0.29) is 5.69 Å². The largest absolute Gasteiger partial charge is 0.340 e. The zero-order valence-corrected chi connectivity index (χ0v) is 15.2. The SMILES string of the molecule is CCc1ccc(Nc2cc(C(=O)Nc3ccccc3C#N)nc(C)n2)cc1. The number of nitriles is 1. The molecule has 0 fully saturated rings. The van der Waals surface area contributed by atoms with Crippen LogP contribution in [-0.2, 0) is 6.42 Å². The van der Waals surface area contributed by atoms with E-state index in [0.717, 1.165) is 12.1 Å². The summed E-state index contributed by atoms with van der Waals surface area (Å²) in [6.45, 7) is 3.83. The zero-order chi connectivity index (χ0) is 19.2. The van der Waals surface area contributed by atoms with E-state index in [2.05, 4.69) is 33.6 Å². The van der Waals surface area contributed by atoms with Crippen molar-refractivity contribution in [1.29, 1.82) is 5.26 Å². The van der Waals surface area contributed by atoms with Gasteiger partial charge in [0.05, 0.1) is 11.3 Å². The summed E-state index contributed by atoms with van der Waals surface area (Å²) in [6, 6.07) is 18.5. The molecule has 27 heavy (non-hydrogen) atoms. The number of rotatable bonds is 5. The molecule has 3 rings (SSSR count). The van der Waals surface area contributed by atoms with Crippen molar-refractivity contribution in [3.8, 4) is 6.07 Å². The Bertz CT molecular complexity index is 1010. The summed E-state index contributed by atoms with van der Waals surface area (Å²) in [5, 5.41) is 15.1. The average Bonchev–Trinajstić information content (AvgIpc) is 2.68. The first-order chi connectivity index (χ1) is 13.1. The average molecular weight is 357 g/mol. The molecule has 0 unspecified atom stereocenters. The summed E-state index contributed by atoms with van der Waals surface area (Å²) in [5.74, 6) is 0.613. The highest BCUT2D eigenvalue weighted by Gasteiger charge is 2.13. The molecular formula is C21H19N5O. The van der Waals surface area contributed by atoms with E-state index in [4.69, 9.17) is 5.26 Å². The minimum absolute atomic E-state index is 0.225. The summed E-state index contributed by atoms with van der Waals surface area (Å²) in [7, 11) is 0. The minimum Gasteiger partial charge on any atom is -0.340 e. The second-order valence-electron chi connectivity index (χ2n) is 5.97.